The molecule has 9 heteroatoms. The van der Waals surface area contributed by atoms with Crippen molar-refractivity contribution in [1.82, 2.24) is 25.3 Å². The van der Waals surface area contributed by atoms with Crippen molar-refractivity contribution < 1.29 is 4.52 Å². The molecule has 0 bridgehead atoms. The van der Waals surface area contributed by atoms with Gasteiger partial charge < -0.3 is 15.2 Å². The number of anilines is 2. The molecular formula is C26H24ClN7O. The number of aromatic nitrogens is 5. The third-order valence-corrected chi connectivity index (χ3v) is 6.88. The van der Waals surface area contributed by atoms with Gasteiger partial charge in [-0.3, -0.25) is 5.10 Å². The van der Waals surface area contributed by atoms with Gasteiger partial charge in [0.25, 0.3) is 0 Å². The van der Waals surface area contributed by atoms with Crippen molar-refractivity contribution in [3.63, 3.8) is 0 Å². The fraction of sp³-hybridized carbons (Fsp3) is 0.231. The molecule has 0 saturated carbocycles. The number of hydrogen-bond donors (Lipinski definition) is 2. The lowest BCUT2D eigenvalue weighted by molar-refractivity contribution is 0.393. The van der Waals surface area contributed by atoms with Crippen molar-refractivity contribution in [1.29, 1.82) is 0 Å². The second-order valence-corrected chi connectivity index (χ2v) is 9.38. The van der Waals surface area contributed by atoms with E-state index in [4.69, 9.17) is 31.8 Å². The Labute approximate surface area is 207 Å². The maximum absolute atomic E-state index is 6.66. The average Bonchev–Trinajstić information content (AvgIpc) is 3.44. The monoisotopic (exact) mass is 485 g/mol. The Hall–Kier alpha value is -3.91. The van der Waals surface area contributed by atoms with E-state index in [1.54, 1.807) is 0 Å². The van der Waals surface area contributed by atoms with E-state index in [0.29, 0.717) is 29.8 Å². The van der Waals surface area contributed by atoms with Crippen LogP contribution in [0.1, 0.15) is 33.8 Å². The number of aromatic amines is 1. The largest absolute Gasteiger partial charge is 0.383 e. The van der Waals surface area contributed by atoms with E-state index in [2.05, 4.69) is 32.4 Å². The van der Waals surface area contributed by atoms with Crippen molar-refractivity contribution in [2.75, 3.05) is 17.2 Å². The van der Waals surface area contributed by atoms with Crippen LogP contribution in [-0.4, -0.2) is 31.9 Å². The summed E-state index contributed by atoms with van der Waals surface area (Å²) in [5.41, 5.74) is 14.7. The summed E-state index contributed by atoms with van der Waals surface area (Å²) < 4.78 is 5.49. The van der Waals surface area contributed by atoms with E-state index >= 15 is 0 Å². The fourth-order valence-corrected chi connectivity index (χ4v) is 5.19. The molecule has 3 aromatic heterocycles. The van der Waals surface area contributed by atoms with Crippen LogP contribution in [0, 0.1) is 13.8 Å². The molecule has 1 aliphatic rings. The van der Waals surface area contributed by atoms with Gasteiger partial charge in [0.05, 0.1) is 17.4 Å². The Bertz CT molecular complexity index is 1550. The second kappa shape index (κ2) is 8.39. The van der Waals surface area contributed by atoms with Crippen molar-refractivity contribution in [2.45, 2.75) is 33.2 Å². The Morgan fingerprint density at radius 1 is 1.17 bits per heavy atom. The summed E-state index contributed by atoms with van der Waals surface area (Å²) in [6, 6.07) is 11.9. The molecule has 0 radical (unpaired) electrons. The zero-order chi connectivity index (χ0) is 24.1. The minimum absolute atomic E-state index is 0.452. The van der Waals surface area contributed by atoms with E-state index < -0.39 is 0 Å². The van der Waals surface area contributed by atoms with Crippen LogP contribution in [0.25, 0.3) is 22.0 Å². The summed E-state index contributed by atoms with van der Waals surface area (Å²) in [5, 5.41) is 12.9. The van der Waals surface area contributed by atoms with Gasteiger partial charge in [0.15, 0.2) is 0 Å². The summed E-state index contributed by atoms with van der Waals surface area (Å²) in [6.07, 6.45) is 3.35. The van der Waals surface area contributed by atoms with Gasteiger partial charge in [0.1, 0.15) is 11.6 Å². The molecule has 176 valence electrons. The number of aryl methyl sites for hydroxylation is 2. The maximum atomic E-state index is 6.66. The number of H-pyrrole nitrogens is 1. The summed E-state index contributed by atoms with van der Waals surface area (Å²) in [5.74, 6) is 1.84. The Morgan fingerprint density at radius 2 is 2.06 bits per heavy atom. The van der Waals surface area contributed by atoms with Crippen LogP contribution in [0.2, 0.25) is 5.02 Å². The van der Waals surface area contributed by atoms with Crippen LogP contribution in [0.3, 0.4) is 0 Å². The van der Waals surface area contributed by atoms with Gasteiger partial charge in [0, 0.05) is 46.7 Å². The second-order valence-electron chi connectivity index (χ2n) is 8.95. The number of nitrogens with zero attached hydrogens (tertiary/aromatic N) is 5. The number of rotatable bonds is 4. The molecule has 8 nitrogen and oxygen atoms in total. The van der Waals surface area contributed by atoms with Crippen LogP contribution < -0.4 is 10.6 Å². The lowest BCUT2D eigenvalue weighted by Crippen LogP contribution is -2.31. The molecule has 0 unspecified atom stereocenters. The summed E-state index contributed by atoms with van der Waals surface area (Å²) in [6.45, 7) is 5.37. The maximum Gasteiger partial charge on any atom is 0.228 e. The molecule has 5 aromatic rings. The van der Waals surface area contributed by atoms with Crippen molar-refractivity contribution in [3.05, 3.63) is 81.5 Å². The lowest BCUT2D eigenvalue weighted by Gasteiger charge is -2.27. The highest BCUT2D eigenvalue weighted by atomic mass is 35.5. The standard InChI is InChI=1S/C26H24ClN7O/c1-14-23(15(2)35-33-14)19-6-7-22-24(20(19)11-16-4-3-5-18(27)10-16)25(28)31-26(30-22)34-9-8-21-17(13-34)12-29-32-21/h3-7,10,12H,8-9,11,13H2,1-2H3,(H,29,32)(H2,28,30,31). The SMILES string of the molecule is Cc1noc(C)c1-c1ccc2nc(N3CCc4[nH]ncc4C3)nc(N)c2c1Cc1cccc(Cl)c1. The van der Waals surface area contributed by atoms with E-state index in [1.807, 2.05) is 44.3 Å². The third kappa shape index (κ3) is 3.80. The van der Waals surface area contributed by atoms with Crippen molar-refractivity contribution in [2.24, 2.45) is 0 Å². The van der Waals surface area contributed by atoms with Crippen LogP contribution in [0.5, 0.6) is 0 Å². The number of fused-ring (bicyclic) bond motifs is 2. The molecule has 0 spiro atoms. The molecule has 0 saturated heterocycles. The van der Waals surface area contributed by atoms with E-state index in [0.717, 1.165) is 63.1 Å². The first kappa shape index (κ1) is 21.6. The fourth-order valence-electron chi connectivity index (χ4n) is 4.98. The molecule has 0 fully saturated rings. The zero-order valence-electron chi connectivity index (χ0n) is 19.5. The molecule has 3 N–H and O–H groups in total. The van der Waals surface area contributed by atoms with Crippen LogP contribution in [0.4, 0.5) is 11.8 Å². The van der Waals surface area contributed by atoms with Crippen LogP contribution >= 0.6 is 11.6 Å². The first-order chi connectivity index (χ1) is 17.0. The first-order valence-corrected chi connectivity index (χ1v) is 11.9. The molecule has 0 amide bonds. The van der Waals surface area contributed by atoms with E-state index in [-0.39, 0.29) is 0 Å². The number of hydrogen-bond acceptors (Lipinski definition) is 7. The van der Waals surface area contributed by atoms with Gasteiger partial charge in [-0.15, -0.1) is 0 Å². The molecule has 1 aliphatic heterocycles. The van der Waals surface area contributed by atoms with E-state index in [1.165, 1.54) is 5.69 Å². The number of benzene rings is 2. The Morgan fingerprint density at radius 3 is 2.86 bits per heavy atom. The average molecular weight is 486 g/mol. The lowest BCUT2D eigenvalue weighted by atomic mass is 9.91. The van der Waals surface area contributed by atoms with Gasteiger partial charge in [-0.1, -0.05) is 35.0 Å². The summed E-state index contributed by atoms with van der Waals surface area (Å²) in [7, 11) is 0. The van der Waals surface area contributed by atoms with E-state index in [9.17, 15) is 0 Å². The molecule has 0 atom stereocenters. The number of halogens is 1. The highest BCUT2D eigenvalue weighted by Crippen LogP contribution is 2.38. The highest BCUT2D eigenvalue weighted by molar-refractivity contribution is 6.30. The normalized spacial score (nSPS) is 13.4. The number of nitrogens with one attached hydrogen (secondary N) is 1. The predicted molar refractivity (Wildman–Crippen MR) is 137 cm³/mol. The molecule has 4 heterocycles. The van der Waals surface area contributed by atoms with Gasteiger partial charge in [-0.2, -0.15) is 10.1 Å². The summed E-state index contributed by atoms with van der Waals surface area (Å²) >= 11 is 6.30. The smallest absolute Gasteiger partial charge is 0.228 e. The van der Waals surface area contributed by atoms with Gasteiger partial charge in [0.2, 0.25) is 5.95 Å². The minimum Gasteiger partial charge on any atom is -0.383 e. The number of nitrogens with two attached hydrogens (primary N) is 1. The molecule has 0 aliphatic carbocycles. The van der Waals surface area contributed by atoms with Crippen LogP contribution in [-0.2, 0) is 19.4 Å². The first-order valence-electron chi connectivity index (χ1n) is 11.5. The quantitative estimate of drug-likeness (QED) is 0.368. The molecular weight excluding hydrogens is 462 g/mol. The van der Waals surface area contributed by atoms with Crippen molar-refractivity contribution in [3.8, 4) is 11.1 Å². The highest BCUT2D eigenvalue weighted by Gasteiger charge is 2.24. The van der Waals surface area contributed by atoms with Gasteiger partial charge in [-0.25, -0.2) is 4.98 Å². The van der Waals surface area contributed by atoms with Crippen LogP contribution in [0.15, 0.2) is 47.1 Å². The minimum atomic E-state index is 0.452. The Balaban J connectivity index is 1.51. The summed E-state index contributed by atoms with van der Waals surface area (Å²) in [4.78, 5) is 11.9. The van der Waals surface area contributed by atoms with Gasteiger partial charge in [-0.05, 0) is 55.2 Å². The van der Waals surface area contributed by atoms with Gasteiger partial charge >= 0.3 is 0 Å². The number of nitrogen functional groups attached to an aromatic ring is 1. The molecule has 6 rings (SSSR count). The predicted octanol–water partition coefficient (Wildman–Crippen LogP) is 5.01. The zero-order valence-corrected chi connectivity index (χ0v) is 20.2. The molecule has 35 heavy (non-hydrogen) atoms. The van der Waals surface area contributed by atoms with Crippen molar-refractivity contribution >= 4 is 34.3 Å². The Kier molecular flexibility index (Phi) is 5.18. The third-order valence-electron chi connectivity index (χ3n) is 6.64. The molecule has 2 aromatic carbocycles. The topological polar surface area (TPSA) is 110 Å².